The summed E-state index contributed by atoms with van der Waals surface area (Å²) in [5, 5.41) is 18.5. The Labute approximate surface area is 197 Å². The third-order valence-corrected chi connectivity index (χ3v) is 5.98. The van der Waals surface area contributed by atoms with Crippen molar-refractivity contribution in [3.8, 4) is 11.5 Å². The van der Waals surface area contributed by atoms with E-state index >= 15 is 0 Å². The molecule has 0 saturated carbocycles. The highest BCUT2D eigenvalue weighted by molar-refractivity contribution is 6.00. The summed E-state index contributed by atoms with van der Waals surface area (Å²) in [6.45, 7) is 13.1. The summed E-state index contributed by atoms with van der Waals surface area (Å²) in [5.41, 5.74) is 0.400. The number of carboxylic acids is 2. The van der Waals surface area contributed by atoms with E-state index in [0.717, 1.165) is 5.56 Å². The zero-order chi connectivity index (χ0) is 25.4. The minimum atomic E-state index is -0.846. The molecule has 0 fully saturated rings. The van der Waals surface area contributed by atoms with Gasteiger partial charge in [0.1, 0.15) is 11.5 Å². The lowest BCUT2D eigenvalue weighted by molar-refractivity contribution is -0.148. The van der Waals surface area contributed by atoms with Crippen molar-refractivity contribution in [2.24, 2.45) is 10.8 Å². The quantitative estimate of drug-likeness (QED) is 0.248. The van der Waals surface area contributed by atoms with Gasteiger partial charge in [-0.05, 0) is 85.3 Å². The van der Waals surface area contributed by atoms with E-state index in [0.29, 0.717) is 74.4 Å². The largest absolute Gasteiger partial charge is 0.493 e. The highest BCUT2D eigenvalue weighted by Crippen LogP contribution is 2.36. The van der Waals surface area contributed by atoms with Gasteiger partial charge in [0.2, 0.25) is 0 Å². The molecule has 0 aliphatic carbocycles. The molecule has 1 rings (SSSR count). The van der Waals surface area contributed by atoms with Crippen LogP contribution < -0.4 is 9.47 Å². The van der Waals surface area contributed by atoms with Gasteiger partial charge in [0.25, 0.3) is 0 Å². The van der Waals surface area contributed by atoms with Crippen LogP contribution in [0.1, 0.15) is 94.6 Å². The summed E-state index contributed by atoms with van der Waals surface area (Å²) < 4.78 is 12.0. The van der Waals surface area contributed by atoms with E-state index in [2.05, 4.69) is 0 Å². The van der Waals surface area contributed by atoms with Crippen LogP contribution in [0.15, 0.2) is 6.07 Å². The first-order chi connectivity index (χ1) is 15.2. The van der Waals surface area contributed by atoms with Crippen LogP contribution in [0, 0.1) is 24.7 Å². The zero-order valence-corrected chi connectivity index (χ0v) is 21.2. The summed E-state index contributed by atoms with van der Waals surface area (Å²) in [6.07, 6.45) is 3.17. The Kier molecular flexibility index (Phi) is 10.4. The SMILES string of the molecule is CCCC(=O)c1c(OCCCC(C)(C)C(=O)O)cc(C)c(OCCCC(C)(C)C(=O)O)c1C. The monoisotopic (exact) mass is 464 g/mol. The van der Waals surface area contributed by atoms with Gasteiger partial charge in [0, 0.05) is 12.0 Å². The van der Waals surface area contributed by atoms with E-state index in [-0.39, 0.29) is 5.78 Å². The van der Waals surface area contributed by atoms with E-state index in [9.17, 15) is 24.6 Å². The Hall–Kier alpha value is -2.57. The highest BCUT2D eigenvalue weighted by atomic mass is 16.5. The number of hydrogen-bond acceptors (Lipinski definition) is 5. The minimum Gasteiger partial charge on any atom is -0.493 e. The Morgan fingerprint density at radius 2 is 1.36 bits per heavy atom. The van der Waals surface area contributed by atoms with Crippen molar-refractivity contribution in [3.63, 3.8) is 0 Å². The van der Waals surface area contributed by atoms with E-state index in [1.165, 1.54) is 0 Å². The second-order valence-electron chi connectivity index (χ2n) is 9.98. The second-order valence-corrected chi connectivity index (χ2v) is 9.98. The predicted octanol–water partition coefficient (Wildman–Crippen LogP) is 5.83. The summed E-state index contributed by atoms with van der Waals surface area (Å²) in [5.74, 6) is -0.581. The molecule has 0 aromatic heterocycles. The molecule has 0 saturated heterocycles. The van der Waals surface area contributed by atoms with Crippen LogP contribution >= 0.6 is 0 Å². The molecule has 0 heterocycles. The fourth-order valence-electron chi connectivity index (χ4n) is 3.56. The number of hydrogen-bond donors (Lipinski definition) is 2. The third kappa shape index (κ3) is 8.06. The lowest BCUT2D eigenvalue weighted by atomic mass is 9.88. The molecule has 186 valence electrons. The van der Waals surface area contributed by atoms with Crippen LogP contribution in [0.25, 0.3) is 0 Å². The Morgan fingerprint density at radius 1 is 0.879 bits per heavy atom. The Balaban J connectivity index is 3.00. The van der Waals surface area contributed by atoms with Crippen molar-refractivity contribution < 1.29 is 34.1 Å². The van der Waals surface area contributed by atoms with Gasteiger partial charge in [-0.2, -0.15) is 0 Å². The average molecular weight is 465 g/mol. The van der Waals surface area contributed by atoms with Crippen molar-refractivity contribution in [2.75, 3.05) is 13.2 Å². The highest BCUT2D eigenvalue weighted by Gasteiger charge is 2.28. The lowest BCUT2D eigenvalue weighted by Gasteiger charge is -2.22. The molecule has 0 radical (unpaired) electrons. The normalized spacial score (nSPS) is 11.8. The number of ether oxygens (including phenoxy) is 2. The maximum Gasteiger partial charge on any atom is 0.309 e. The zero-order valence-electron chi connectivity index (χ0n) is 21.2. The fraction of sp³-hybridized carbons (Fsp3) is 0.654. The van der Waals surface area contributed by atoms with Gasteiger partial charge in [-0.1, -0.05) is 6.92 Å². The first-order valence-electron chi connectivity index (χ1n) is 11.6. The van der Waals surface area contributed by atoms with E-state index in [1.54, 1.807) is 33.8 Å². The molecule has 7 nitrogen and oxygen atoms in total. The Bertz CT molecular complexity index is 853. The Morgan fingerprint density at radius 3 is 1.82 bits per heavy atom. The first kappa shape index (κ1) is 28.5. The topological polar surface area (TPSA) is 110 Å². The number of carboxylic acid groups (broad SMARTS) is 2. The van der Waals surface area contributed by atoms with Crippen molar-refractivity contribution in [1.82, 2.24) is 0 Å². The third-order valence-electron chi connectivity index (χ3n) is 5.98. The molecule has 0 aliphatic heterocycles. The summed E-state index contributed by atoms with van der Waals surface area (Å²) >= 11 is 0. The molecule has 0 bridgehead atoms. The predicted molar refractivity (Wildman–Crippen MR) is 127 cm³/mol. The number of ketones is 1. The number of rotatable bonds is 15. The molecule has 7 heteroatoms. The summed E-state index contributed by atoms with van der Waals surface area (Å²) in [7, 11) is 0. The number of aliphatic carboxylic acids is 2. The first-order valence-corrected chi connectivity index (χ1v) is 11.6. The van der Waals surface area contributed by atoms with Gasteiger partial charge < -0.3 is 19.7 Å². The van der Waals surface area contributed by atoms with Crippen molar-refractivity contribution in [2.45, 2.75) is 87.0 Å². The summed E-state index contributed by atoms with van der Waals surface area (Å²) in [4.78, 5) is 35.5. The molecule has 0 spiro atoms. The van der Waals surface area contributed by atoms with Crippen molar-refractivity contribution in [1.29, 1.82) is 0 Å². The number of carbonyl (C=O) groups is 3. The minimum absolute atomic E-state index is 0.0206. The number of aryl methyl sites for hydroxylation is 1. The maximum atomic E-state index is 12.9. The van der Waals surface area contributed by atoms with Crippen LogP contribution in [-0.4, -0.2) is 41.1 Å². The van der Waals surface area contributed by atoms with Crippen molar-refractivity contribution in [3.05, 3.63) is 22.8 Å². The van der Waals surface area contributed by atoms with Crippen molar-refractivity contribution >= 4 is 17.7 Å². The van der Waals surface area contributed by atoms with Crippen LogP contribution in [0.3, 0.4) is 0 Å². The molecule has 0 amide bonds. The van der Waals surface area contributed by atoms with Gasteiger partial charge in [-0.3, -0.25) is 14.4 Å². The standard InChI is InChI=1S/C26H40O7/c1-8-11-19(27)21-18(3)22(33-15-10-13-26(6,7)24(30)31)17(2)16-20(21)32-14-9-12-25(4,5)23(28)29/h16H,8-15H2,1-7H3,(H,28,29)(H,30,31). The average Bonchev–Trinajstić information content (AvgIpc) is 2.70. The fourth-order valence-corrected chi connectivity index (χ4v) is 3.56. The molecular formula is C26H40O7. The molecule has 1 aromatic carbocycles. The number of Topliss-reactive ketones (excluding diaryl/α,β-unsaturated/α-hetero) is 1. The number of benzene rings is 1. The van der Waals surface area contributed by atoms with E-state index in [4.69, 9.17) is 9.47 Å². The van der Waals surface area contributed by atoms with Gasteiger partial charge in [-0.15, -0.1) is 0 Å². The van der Waals surface area contributed by atoms with Gasteiger partial charge in [-0.25, -0.2) is 0 Å². The lowest BCUT2D eigenvalue weighted by Crippen LogP contribution is -2.24. The van der Waals surface area contributed by atoms with Crippen LogP contribution in [0.2, 0.25) is 0 Å². The van der Waals surface area contributed by atoms with Crippen LogP contribution in [0.5, 0.6) is 11.5 Å². The van der Waals surface area contributed by atoms with Crippen LogP contribution in [-0.2, 0) is 9.59 Å². The molecule has 0 atom stereocenters. The summed E-state index contributed by atoms with van der Waals surface area (Å²) in [6, 6.07) is 1.80. The second kappa shape index (κ2) is 12.1. The molecule has 33 heavy (non-hydrogen) atoms. The van der Waals surface area contributed by atoms with Crippen LogP contribution in [0.4, 0.5) is 0 Å². The molecule has 0 aliphatic rings. The molecular weight excluding hydrogens is 424 g/mol. The van der Waals surface area contributed by atoms with Gasteiger partial charge >= 0.3 is 11.9 Å². The van der Waals surface area contributed by atoms with Gasteiger partial charge in [0.05, 0.1) is 29.6 Å². The van der Waals surface area contributed by atoms with E-state index < -0.39 is 22.8 Å². The number of carbonyl (C=O) groups excluding carboxylic acids is 1. The smallest absolute Gasteiger partial charge is 0.309 e. The molecule has 1 aromatic rings. The molecule has 0 unspecified atom stereocenters. The van der Waals surface area contributed by atoms with E-state index in [1.807, 2.05) is 20.8 Å². The maximum absolute atomic E-state index is 12.9. The van der Waals surface area contributed by atoms with Gasteiger partial charge in [0.15, 0.2) is 5.78 Å². The molecule has 2 N–H and O–H groups in total.